The maximum Gasteiger partial charge on any atom is 0.469 e. The SMILES string of the molecule is C=CC(C=C)(CCCCO)CCCCOCCCCC(CC)(CC)CCCOP(=O)(O)O. The molecule has 0 aliphatic rings. The molecule has 0 saturated heterocycles. The molecule has 3 N–H and O–H groups in total. The van der Waals surface area contributed by atoms with Gasteiger partial charge in [-0.25, -0.2) is 4.57 Å². The van der Waals surface area contributed by atoms with Crippen molar-refractivity contribution in [1.82, 2.24) is 0 Å². The van der Waals surface area contributed by atoms with E-state index in [-0.39, 0.29) is 24.0 Å². The first-order valence-electron chi connectivity index (χ1n) is 12.4. The predicted octanol–water partition coefficient (Wildman–Crippen LogP) is 6.56. The van der Waals surface area contributed by atoms with Crippen LogP contribution in [-0.4, -0.2) is 41.3 Å². The minimum Gasteiger partial charge on any atom is -0.396 e. The summed E-state index contributed by atoms with van der Waals surface area (Å²) in [4.78, 5) is 17.6. The van der Waals surface area contributed by atoms with E-state index in [4.69, 9.17) is 19.6 Å². The number of aliphatic hydroxyl groups excluding tert-OH is 1. The Kier molecular flexibility index (Phi) is 17.6. The molecule has 0 fully saturated rings. The van der Waals surface area contributed by atoms with Crippen LogP contribution >= 0.6 is 7.82 Å². The summed E-state index contributed by atoms with van der Waals surface area (Å²) in [5.41, 5.74) is 0.183. The molecule has 0 aliphatic carbocycles. The van der Waals surface area contributed by atoms with E-state index in [1.54, 1.807) is 0 Å². The van der Waals surface area contributed by atoms with Gasteiger partial charge in [-0.3, -0.25) is 4.52 Å². The average Bonchev–Trinajstić information content (AvgIpc) is 2.78. The van der Waals surface area contributed by atoms with Crippen LogP contribution in [0.1, 0.15) is 97.3 Å². The normalized spacial score (nSPS) is 12.8. The summed E-state index contributed by atoms with van der Waals surface area (Å²) in [5.74, 6) is 0. The van der Waals surface area contributed by atoms with Crippen LogP contribution in [0.3, 0.4) is 0 Å². The molecule has 190 valence electrons. The van der Waals surface area contributed by atoms with Gasteiger partial charge in [0.2, 0.25) is 0 Å². The molecule has 0 radical (unpaired) electrons. The number of allylic oxidation sites excluding steroid dienone is 2. The van der Waals surface area contributed by atoms with Crippen molar-refractivity contribution >= 4 is 7.82 Å². The lowest BCUT2D eigenvalue weighted by atomic mass is 9.74. The molecule has 0 aliphatic heterocycles. The smallest absolute Gasteiger partial charge is 0.396 e. The Morgan fingerprint density at radius 1 is 0.781 bits per heavy atom. The van der Waals surface area contributed by atoms with Gasteiger partial charge >= 0.3 is 7.82 Å². The molecule has 7 heteroatoms. The minimum absolute atomic E-state index is 0.0326. The zero-order valence-corrected chi connectivity index (χ0v) is 21.5. The van der Waals surface area contributed by atoms with Crippen molar-refractivity contribution in [2.45, 2.75) is 97.3 Å². The highest BCUT2D eigenvalue weighted by Gasteiger charge is 2.25. The summed E-state index contributed by atoms with van der Waals surface area (Å²) in [7, 11) is -4.36. The highest BCUT2D eigenvalue weighted by atomic mass is 31.2. The van der Waals surface area contributed by atoms with Crippen LogP contribution < -0.4 is 0 Å². The summed E-state index contributed by atoms with van der Waals surface area (Å²) in [6.45, 7) is 14.3. The van der Waals surface area contributed by atoms with Gasteiger partial charge in [0.05, 0.1) is 6.61 Å². The third-order valence-electron chi connectivity index (χ3n) is 6.90. The van der Waals surface area contributed by atoms with E-state index in [1.807, 2.05) is 12.2 Å². The first kappa shape index (κ1) is 31.5. The second kappa shape index (κ2) is 17.9. The van der Waals surface area contributed by atoms with Crippen molar-refractivity contribution in [3.63, 3.8) is 0 Å². The van der Waals surface area contributed by atoms with Gasteiger partial charge in [-0.2, -0.15) is 0 Å². The molecule has 0 aromatic heterocycles. The van der Waals surface area contributed by atoms with Gasteiger partial charge in [0.15, 0.2) is 0 Å². The first-order chi connectivity index (χ1) is 15.2. The Morgan fingerprint density at radius 3 is 1.75 bits per heavy atom. The standard InChI is InChI=1S/C25H49O6P/c1-5-24(6-2,16-9-12-20-26)17-10-13-21-30-22-14-11-18-25(7-3,8-4)19-15-23-31-32(27,28)29/h5-6,26H,1-2,7-23H2,3-4H3,(H2,27,28,29). The van der Waals surface area contributed by atoms with E-state index in [0.717, 1.165) is 90.3 Å². The number of hydrogen-bond donors (Lipinski definition) is 3. The molecular formula is C25H49O6P. The predicted molar refractivity (Wildman–Crippen MR) is 133 cm³/mol. The van der Waals surface area contributed by atoms with E-state index in [1.165, 1.54) is 0 Å². The lowest BCUT2D eigenvalue weighted by molar-refractivity contribution is 0.116. The maximum absolute atomic E-state index is 10.8. The minimum atomic E-state index is -4.36. The Hall–Kier alpha value is -0.490. The number of hydrogen-bond acceptors (Lipinski definition) is 4. The van der Waals surface area contributed by atoms with Crippen LogP contribution in [0.4, 0.5) is 0 Å². The molecule has 0 heterocycles. The molecule has 32 heavy (non-hydrogen) atoms. The van der Waals surface area contributed by atoms with Crippen molar-refractivity contribution < 1.29 is 28.7 Å². The van der Waals surface area contributed by atoms with E-state index in [0.29, 0.717) is 6.42 Å². The summed E-state index contributed by atoms with van der Waals surface area (Å²) < 4.78 is 21.2. The Morgan fingerprint density at radius 2 is 1.28 bits per heavy atom. The van der Waals surface area contributed by atoms with Crippen molar-refractivity contribution in [3.05, 3.63) is 25.3 Å². The van der Waals surface area contributed by atoms with E-state index >= 15 is 0 Å². The van der Waals surface area contributed by atoms with Crippen molar-refractivity contribution in [1.29, 1.82) is 0 Å². The van der Waals surface area contributed by atoms with Gasteiger partial charge in [-0.1, -0.05) is 45.3 Å². The Labute approximate surface area is 196 Å². The maximum atomic E-state index is 10.8. The zero-order valence-electron chi connectivity index (χ0n) is 20.6. The van der Waals surface area contributed by atoms with Crippen LogP contribution in [-0.2, 0) is 13.8 Å². The summed E-state index contributed by atoms with van der Waals surface area (Å²) in [5, 5.41) is 8.99. The van der Waals surface area contributed by atoms with Gasteiger partial charge in [0, 0.05) is 25.2 Å². The molecule has 0 unspecified atom stereocenters. The zero-order chi connectivity index (χ0) is 24.3. The van der Waals surface area contributed by atoms with Crippen LogP contribution in [0, 0.1) is 10.8 Å². The average molecular weight is 477 g/mol. The van der Waals surface area contributed by atoms with Gasteiger partial charge in [-0.15, -0.1) is 13.2 Å². The fourth-order valence-corrected chi connectivity index (χ4v) is 4.73. The molecule has 0 saturated carbocycles. The van der Waals surface area contributed by atoms with Crippen molar-refractivity contribution in [3.8, 4) is 0 Å². The molecule has 0 aromatic rings. The number of unbranched alkanes of at least 4 members (excludes halogenated alkanes) is 3. The van der Waals surface area contributed by atoms with Gasteiger partial charge < -0.3 is 19.6 Å². The second-order valence-corrected chi connectivity index (χ2v) is 10.2. The highest BCUT2D eigenvalue weighted by molar-refractivity contribution is 7.46. The van der Waals surface area contributed by atoms with Gasteiger partial charge in [0.1, 0.15) is 0 Å². The molecule has 0 atom stereocenters. The first-order valence-corrected chi connectivity index (χ1v) is 13.9. The Balaban J connectivity index is 4.02. The monoisotopic (exact) mass is 476 g/mol. The number of aliphatic hydroxyl groups is 1. The van der Waals surface area contributed by atoms with Crippen LogP contribution in [0.2, 0.25) is 0 Å². The molecule has 6 nitrogen and oxygen atoms in total. The highest BCUT2D eigenvalue weighted by Crippen LogP contribution is 2.40. The lowest BCUT2D eigenvalue weighted by Crippen LogP contribution is -2.20. The summed E-state index contributed by atoms with van der Waals surface area (Å²) >= 11 is 0. The molecule has 0 amide bonds. The van der Waals surface area contributed by atoms with E-state index < -0.39 is 7.82 Å². The number of phosphoric acid groups is 1. The number of ether oxygens (including phenoxy) is 1. The lowest BCUT2D eigenvalue weighted by Gasteiger charge is -2.32. The molecule has 0 bridgehead atoms. The Bertz CT molecular complexity index is 519. The third-order valence-corrected chi connectivity index (χ3v) is 7.42. The largest absolute Gasteiger partial charge is 0.469 e. The van der Waals surface area contributed by atoms with E-state index in [2.05, 4.69) is 31.5 Å². The topological polar surface area (TPSA) is 96.2 Å². The van der Waals surface area contributed by atoms with Gasteiger partial charge in [0.25, 0.3) is 0 Å². The van der Waals surface area contributed by atoms with Crippen molar-refractivity contribution in [2.24, 2.45) is 10.8 Å². The molecule has 0 aromatic carbocycles. The number of rotatable bonds is 23. The number of phosphoric ester groups is 1. The molecule has 0 spiro atoms. The van der Waals surface area contributed by atoms with Gasteiger partial charge in [-0.05, 0) is 69.6 Å². The fraction of sp³-hybridized carbons (Fsp3) is 0.840. The van der Waals surface area contributed by atoms with Crippen molar-refractivity contribution in [2.75, 3.05) is 26.4 Å². The fourth-order valence-electron chi connectivity index (χ4n) is 4.36. The third kappa shape index (κ3) is 14.6. The van der Waals surface area contributed by atoms with Crippen LogP contribution in [0.15, 0.2) is 25.3 Å². The summed E-state index contributed by atoms with van der Waals surface area (Å²) in [6, 6.07) is 0. The summed E-state index contributed by atoms with van der Waals surface area (Å²) in [6.07, 6.45) is 16.9. The van der Waals surface area contributed by atoms with Crippen LogP contribution in [0.5, 0.6) is 0 Å². The quantitative estimate of drug-likeness (QED) is 0.0878. The molecular weight excluding hydrogens is 427 g/mol. The van der Waals surface area contributed by atoms with E-state index in [9.17, 15) is 4.57 Å². The van der Waals surface area contributed by atoms with Crippen LogP contribution in [0.25, 0.3) is 0 Å². The molecule has 0 rings (SSSR count). The second-order valence-electron chi connectivity index (χ2n) is 8.98.